The van der Waals surface area contributed by atoms with Gasteiger partial charge in [-0.25, -0.2) is 13.1 Å². The Kier molecular flexibility index (Phi) is 4.50. The maximum atomic E-state index is 11.4. The quantitative estimate of drug-likeness (QED) is 0.748. The van der Waals surface area contributed by atoms with E-state index in [0.717, 1.165) is 12.4 Å². The summed E-state index contributed by atoms with van der Waals surface area (Å²) in [5.41, 5.74) is 0.639. The molecular formula is C11H18N6O2S. The van der Waals surface area contributed by atoms with E-state index in [0.29, 0.717) is 17.9 Å². The largest absolute Gasteiger partial charge is 0.369 e. The smallest absolute Gasteiger partial charge is 0.211 e. The van der Waals surface area contributed by atoms with E-state index in [4.69, 9.17) is 0 Å². The van der Waals surface area contributed by atoms with Gasteiger partial charge >= 0.3 is 0 Å². The van der Waals surface area contributed by atoms with Gasteiger partial charge in [0.25, 0.3) is 0 Å². The number of hydrogen-bond acceptors (Lipinski definition) is 6. The SMILES string of the molecule is CCNc1ccc2nnc(CCNS(=O)(=O)CC)n2n1. The molecule has 2 aromatic rings. The minimum Gasteiger partial charge on any atom is -0.369 e. The van der Waals surface area contributed by atoms with E-state index in [1.54, 1.807) is 11.4 Å². The molecule has 20 heavy (non-hydrogen) atoms. The molecule has 0 saturated carbocycles. The number of rotatable bonds is 7. The number of aromatic nitrogens is 4. The Morgan fingerprint density at radius 1 is 1.25 bits per heavy atom. The lowest BCUT2D eigenvalue weighted by molar-refractivity contribution is 0.581. The summed E-state index contributed by atoms with van der Waals surface area (Å²) in [4.78, 5) is 0. The molecule has 0 amide bonds. The van der Waals surface area contributed by atoms with Crippen molar-refractivity contribution in [3.63, 3.8) is 0 Å². The molecule has 0 aliphatic rings. The second-order valence-electron chi connectivity index (χ2n) is 4.18. The van der Waals surface area contributed by atoms with E-state index >= 15 is 0 Å². The summed E-state index contributed by atoms with van der Waals surface area (Å²) >= 11 is 0. The maximum Gasteiger partial charge on any atom is 0.211 e. The van der Waals surface area contributed by atoms with Crippen LogP contribution in [0.5, 0.6) is 0 Å². The first-order valence-corrected chi connectivity index (χ1v) is 8.13. The third-order valence-corrected chi connectivity index (χ3v) is 4.14. The van der Waals surface area contributed by atoms with Crippen molar-refractivity contribution < 1.29 is 8.42 Å². The Morgan fingerprint density at radius 2 is 2.05 bits per heavy atom. The van der Waals surface area contributed by atoms with Gasteiger partial charge < -0.3 is 5.32 Å². The van der Waals surface area contributed by atoms with E-state index in [1.165, 1.54) is 0 Å². The fourth-order valence-electron chi connectivity index (χ4n) is 1.69. The third-order valence-electron chi connectivity index (χ3n) is 2.74. The minimum absolute atomic E-state index is 0.0659. The van der Waals surface area contributed by atoms with Gasteiger partial charge in [-0.3, -0.25) is 0 Å². The van der Waals surface area contributed by atoms with Crippen LogP contribution in [0.4, 0.5) is 5.82 Å². The van der Waals surface area contributed by atoms with Crippen molar-refractivity contribution in [1.29, 1.82) is 0 Å². The molecule has 0 unspecified atom stereocenters. The highest BCUT2D eigenvalue weighted by Crippen LogP contribution is 2.07. The molecule has 2 rings (SSSR count). The summed E-state index contributed by atoms with van der Waals surface area (Å²) in [6.07, 6.45) is 0.434. The van der Waals surface area contributed by atoms with Crippen LogP contribution in [-0.4, -0.2) is 47.1 Å². The van der Waals surface area contributed by atoms with Crippen LogP contribution in [0.2, 0.25) is 0 Å². The van der Waals surface area contributed by atoms with E-state index in [9.17, 15) is 8.42 Å². The van der Waals surface area contributed by atoms with Gasteiger partial charge in [0.1, 0.15) is 5.82 Å². The summed E-state index contributed by atoms with van der Waals surface area (Å²) in [6, 6.07) is 3.65. The van der Waals surface area contributed by atoms with Crippen molar-refractivity contribution in [3.05, 3.63) is 18.0 Å². The Morgan fingerprint density at radius 3 is 2.75 bits per heavy atom. The molecule has 0 spiro atoms. The van der Waals surface area contributed by atoms with Crippen LogP contribution >= 0.6 is 0 Å². The van der Waals surface area contributed by atoms with E-state index in [2.05, 4.69) is 25.3 Å². The first-order valence-electron chi connectivity index (χ1n) is 6.48. The zero-order valence-corrected chi connectivity index (χ0v) is 12.3. The number of hydrogen-bond donors (Lipinski definition) is 2. The average Bonchev–Trinajstić information content (AvgIpc) is 2.82. The fourth-order valence-corrected chi connectivity index (χ4v) is 2.30. The standard InChI is InChI=1S/C11H18N6O2S/c1-3-12-9-5-6-10-14-15-11(17(10)16-9)7-8-13-20(18,19)4-2/h5-6,13H,3-4,7-8H2,1-2H3,(H,12,16). The van der Waals surface area contributed by atoms with Crippen LogP contribution in [-0.2, 0) is 16.4 Å². The van der Waals surface area contributed by atoms with Gasteiger partial charge in [0.15, 0.2) is 11.5 Å². The van der Waals surface area contributed by atoms with Crippen LogP contribution in [0.15, 0.2) is 12.1 Å². The topological polar surface area (TPSA) is 101 Å². The normalized spacial score (nSPS) is 11.9. The van der Waals surface area contributed by atoms with Crippen LogP contribution < -0.4 is 10.0 Å². The third kappa shape index (κ3) is 3.42. The van der Waals surface area contributed by atoms with Gasteiger partial charge in [-0.1, -0.05) is 0 Å². The zero-order chi connectivity index (χ0) is 14.6. The first-order chi connectivity index (χ1) is 9.55. The second-order valence-corrected chi connectivity index (χ2v) is 6.28. The summed E-state index contributed by atoms with van der Waals surface area (Å²) in [5.74, 6) is 1.42. The summed E-state index contributed by atoms with van der Waals surface area (Å²) in [6.45, 7) is 4.63. The molecule has 0 saturated heterocycles. The molecule has 110 valence electrons. The molecule has 2 heterocycles. The Bertz CT molecular complexity index is 681. The van der Waals surface area contributed by atoms with Crippen LogP contribution in [0.25, 0.3) is 5.65 Å². The van der Waals surface area contributed by atoms with Crippen molar-refractivity contribution in [1.82, 2.24) is 24.5 Å². The maximum absolute atomic E-state index is 11.4. The molecule has 0 fully saturated rings. The molecular weight excluding hydrogens is 280 g/mol. The molecule has 2 aromatic heterocycles. The van der Waals surface area contributed by atoms with Gasteiger partial charge in [0.2, 0.25) is 10.0 Å². The number of nitrogens with zero attached hydrogens (tertiary/aromatic N) is 4. The van der Waals surface area contributed by atoms with Crippen molar-refractivity contribution in [2.24, 2.45) is 0 Å². The summed E-state index contributed by atoms with van der Waals surface area (Å²) in [7, 11) is -3.18. The fraction of sp³-hybridized carbons (Fsp3) is 0.545. The zero-order valence-electron chi connectivity index (χ0n) is 11.5. The molecule has 9 heteroatoms. The minimum atomic E-state index is -3.18. The van der Waals surface area contributed by atoms with Gasteiger partial charge in [-0.05, 0) is 26.0 Å². The van der Waals surface area contributed by atoms with Gasteiger partial charge in [0, 0.05) is 19.5 Å². The lowest BCUT2D eigenvalue weighted by atomic mass is 10.4. The predicted octanol–water partition coefficient (Wildman–Crippen LogP) is 0.0379. The van der Waals surface area contributed by atoms with Gasteiger partial charge in [0.05, 0.1) is 5.75 Å². The molecule has 8 nitrogen and oxygen atoms in total. The number of anilines is 1. The van der Waals surface area contributed by atoms with Crippen molar-refractivity contribution in [2.45, 2.75) is 20.3 Å². The van der Waals surface area contributed by atoms with E-state index in [-0.39, 0.29) is 12.3 Å². The predicted molar refractivity (Wildman–Crippen MR) is 76.1 cm³/mol. The molecule has 0 bridgehead atoms. The van der Waals surface area contributed by atoms with Crippen molar-refractivity contribution in [3.8, 4) is 0 Å². The van der Waals surface area contributed by atoms with Gasteiger partial charge in [-0.2, -0.15) is 4.52 Å². The Hall–Kier alpha value is -1.74. The van der Waals surface area contributed by atoms with Gasteiger partial charge in [-0.15, -0.1) is 15.3 Å². The molecule has 2 N–H and O–H groups in total. The Balaban J connectivity index is 2.12. The van der Waals surface area contributed by atoms with Crippen LogP contribution in [0.1, 0.15) is 19.7 Å². The Labute approximate surface area is 117 Å². The lowest BCUT2D eigenvalue weighted by Crippen LogP contribution is -2.27. The molecule has 0 aliphatic carbocycles. The highest BCUT2D eigenvalue weighted by molar-refractivity contribution is 7.89. The highest BCUT2D eigenvalue weighted by atomic mass is 32.2. The first kappa shape index (κ1) is 14.7. The summed E-state index contributed by atoms with van der Waals surface area (Å²) in [5, 5.41) is 15.5. The lowest BCUT2D eigenvalue weighted by Gasteiger charge is -2.04. The number of fused-ring (bicyclic) bond motifs is 1. The number of nitrogens with one attached hydrogen (secondary N) is 2. The number of sulfonamides is 1. The average molecular weight is 298 g/mol. The van der Waals surface area contributed by atoms with Crippen LogP contribution in [0, 0.1) is 0 Å². The van der Waals surface area contributed by atoms with E-state index in [1.807, 2.05) is 19.1 Å². The molecule has 0 atom stereocenters. The molecule has 0 radical (unpaired) electrons. The van der Waals surface area contributed by atoms with Crippen LogP contribution in [0.3, 0.4) is 0 Å². The molecule has 0 aliphatic heterocycles. The monoisotopic (exact) mass is 298 g/mol. The van der Waals surface area contributed by atoms with E-state index < -0.39 is 10.0 Å². The highest BCUT2D eigenvalue weighted by Gasteiger charge is 2.10. The van der Waals surface area contributed by atoms with Crippen molar-refractivity contribution >= 4 is 21.5 Å². The van der Waals surface area contributed by atoms with Crippen molar-refractivity contribution in [2.75, 3.05) is 24.2 Å². The second kappa shape index (κ2) is 6.14. The molecule has 0 aromatic carbocycles. The summed E-state index contributed by atoms with van der Waals surface area (Å²) < 4.78 is 26.8.